The highest BCUT2D eigenvalue weighted by molar-refractivity contribution is 6.00. The first-order valence-electron chi connectivity index (χ1n) is 10.2. The molecular weight excluding hydrogens is 391 g/mol. The van der Waals surface area contributed by atoms with E-state index in [4.69, 9.17) is 0 Å². The van der Waals surface area contributed by atoms with E-state index >= 15 is 0 Å². The number of aliphatic imine (C=N–C) groups is 2. The van der Waals surface area contributed by atoms with Crippen molar-refractivity contribution >= 4 is 30.7 Å². The predicted octanol–water partition coefficient (Wildman–Crippen LogP) is 5.29. The van der Waals surface area contributed by atoms with Gasteiger partial charge in [-0.2, -0.15) is 0 Å². The number of halogens is 1. The van der Waals surface area contributed by atoms with Crippen LogP contribution in [-0.2, 0) is 19.5 Å². The molecule has 0 spiro atoms. The summed E-state index contributed by atoms with van der Waals surface area (Å²) < 4.78 is 13.1. The van der Waals surface area contributed by atoms with Gasteiger partial charge >= 0.3 is 0 Å². The van der Waals surface area contributed by atoms with Gasteiger partial charge in [0, 0.05) is 37.5 Å². The van der Waals surface area contributed by atoms with E-state index in [1.54, 1.807) is 24.5 Å². The van der Waals surface area contributed by atoms with Crippen molar-refractivity contribution < 1.29 is 9.18 Å². The minimum atomic E-state index is -0.252. The zero-order chi connectivity index (χ0) is 22.8. The highest BCUT2D eigenvalue weighted by Gasteiger charge is 2.25. The number of amides is 1. The van der Waals surface area contributed by atoms with Gasteiger partial charge in [0.2, 0.25) is 0 Å². The standard InChI is InChI=1S/C23H23FN4O.C2H6/c1-4-26-15-28(3)14-21-18(7-5-6-16-8-10-17(24)11-9-16)22(25-2)12-19-20(21)13-27-23(19)29;1-2/h4-5,7-12,15H,1-2,6,13-14H2,3H3,(H,27,29);1-2H3/b7-5+,26-15?;. The third kappa shape index (κ3) is 5.98. The van der Waals surface area contributed by atoms with Gasteiger partial charge in [0.15, 0.2) is 0 Å². The van der Waals surface area contributed by atoms with E-state index in [-0.39, 0.29) is 11.7 Å². The Morgan fingerprint density at radius 3 is 2.61 bits per heavy atom. The van der Waals surface area contributed by atoms with Crippen LogP contribution in [0.1, 0.15) is 46.5 Å². The first-order chi connectivity index (χ1) is 15.0. The van der Waals surface area contributed by atoms with E-state index < -0.39 is 0 Å². The fourth-order valence-electron chi connectivity index (χ4n) is 3.33. The highest BCUT2D eigenvalue weighted by atomic mass is 19.1. The summed E-state index contributed by atoms with van der Waals surface area (Å²) in [6, 6.07) is 8.21. The molecule has 162 valence electrons. The minimum Gasteiger partial charge on any atom is -0.361 e. The topological polar surface area (TPSA) is 57.1 Å². The van der Waals surface area contributed by atoms with Gasteiger partial charge in [0.25, 0.3) is 5.91 Å². The van der Waals surface area contributed by atoms with Crippen LogP contribution in [-0.4, -0.2) is 30.9 Å². The first-order valence-corrected chi connectivity index (χ1v) is 10.2. The van der Waals surface area contributed by atoms with Crippen molar-refractivity contribution in [2.75, 3.05) is 7.05 Å². The zero-order valence-electron chi connectivity index (χ0n) is 18.4. The van der Waals surface area contributed by atoms with Crippen LogP contribution >= 0.6 is 0 Å². The molecule has 5 nitrogen and oxygen atoms in total. The van der Waals surface area contributed by atoms with Crippen LogP contribution < -0.4 is 5.32 Å². The maximum Gasteiger partial charge on any atom is 0.251 e. The number of nitrogens with one attached hydrogen (secondary N) is 1. The largest absolute Gasteiger partial charge is 0.361 e. The summed E-state index contributed by atoms with van der Waals surface area (Å²) in [5.74, 6) is -0.353. The van der Waals surface area contributed by atoms with E-state index in [1.165, 1.54) is 18.3 Å². The normalized spacial score (nSPS) is 12.3. The summed E-state index contributed by atoms with van der Waals surface area (Å²) >= 11 is 0. The molecule has 0 radical (unpaired) electrons. The molecule has 0 bridgehead atoms. The first kappa shape index (κ1) is 23.7. The van der Waals surface area contributed by atoms with Crippen molar-refractivity contribution in [1.82, 2.24) is 10.2 Å². The van der Waals surface area contributed by atoms with Crippen molar-refractivity contribution in [3.63, 3.8) is 0 Å². The second kappa shape index (κ2) is 11.6. The summed E-state index contributed by atoms with van der Waals surface area (Å²) in [6.07, 6.45) is 7.80. The minimum absolute atomic E-state index is 0.101. The molecule has 1 aliphatic heterocycles. The van der Waals surface area contributed by atoms with E-state index in [0.717, 1.165) is 22.3 Å². The van der Waals surface area contributed by atoms with Gasteiger partial charge in [-0.25, -0.2) is 9.38 Å². The molecule has 2 aromatic rings. The number of hydrogen-bond acceptors (Lipinski definition) is 3. The molecule has 6 heteroatoms. The van der Waals surface area contributed by atoms with Gasteiger partial charge in [-0.15, -0.1) is 0 Å². The number of benzene rings is 2. The maximum atomic E-state index is 13.1. The Kier molecular flexibility index (Phi) is 8.88. The molecule has 1 amide bonds. The van der Waals surface area contributed by atoms with Crippen molar-refractivity contribution in [3.05, 3.63) is 82.8 Å². The molecule has 0 saturated heterocycles. The molecule has 3 rings (SSSR count). The van der Waals surface area contributed by atoms with Crippen LogP contribution in [0.15, 0.2) is 59.2 Å². The molecule has 1 N–H and O–H groups in total. The zero-order valence-corrected chi connectivity index (χ0v) is 18.4. The van der Waals surface area contributed by atoms with Crippen molar-refractivity contribution in [3.8, 4) is 0 Å². The average Bonchev–Trinajstić information content (AvgIpc) is 3.16. The predicted molar refractivity (Wildman–Crippen MR) is 127 cm³/mol. The van der Waals surface area contributed by atoms with E-state index in [9.17, 15) is 9.18 Å². The Balaban J connectivity index is 0.00000166. The molecule has 1 aliphatic rings. The second-order valence-corrected chi connectivity index (χ2v) is 6.75. The van der Waals surface area contributed by atoms with Crippen LogP contribution in [0.5, 0.6) is 0 Å². The lowest BCUT2D eigenvalue weighted by atomic mass is 9.94. The monoisotopic (exact) mass is 420 g/mol. The quantitative estimate of drug-likeness (QED) is 0.466. The van der Waals surface area contributed by atoms with Crippen molar-refractivity contribution in [2.24, 2.45) is 9.98 Å². The summed E-state index contributed by atoms with van der Waals surface area (Å²) in [5.41, 5.74) is 5.16. The van der Waals surface area contributed by atoms with Gasteiger partial charge in [-0.05, 0) is 48.0 Å². The van der Waals surface area contributed by atoms with E-state index in [0.29, 0.717) is 30.8 Å². The Labute approximate surface area is 183 Å². The molecule has 0 fully saturated rings. The lowest BCUT2D eigenvalue weighted by Gasteiger charge is -2.19. The summed E-state index contributed by atoms with van der Waals surface area (Å²) in [6.45, 7) is 12.3. The molecule has 1 heterocycles. The molecule has 0 aromatic heterocycles. The number of carbonyl (C=O) groups is 1. The van der Waals surface area contributed by atoms with Gasteiger partial charge in [-0.1, -0.05) is 44.7 Å². The average molecular weight is 421 g/mol. The molecule has 0 aliphatic carbocycles. The number of rotatable bonds is 8. The van der Waals surface area contributed by atoms with Crippen LogP contribution in [0.25, 0.3) is 6.08 Å². The molecule has 0 saturated carbocycles. The fraction of sp³-hybridized carbons (Fsp3) is 0.240. The third-order valence-corrected chi connectivity index (χ3v) is 4.74. The molecule has 0 atom stereocenters. The summed E-state index contributed by atoms with van der Waals surface area (Å²) in [7, 11) is 1.91. The Bertz CT molecular complexity index is 994. The molecule has 2 aromatic carbocycles. The van der Waals surface area contributed by atoms with E-state index in [1.807, 2.05) is 37.9 Å². The highest BCUT2D eigenvalue weighted by Crippen LogP contribution is 2.33. The number of allylic oxidation sites excluding steroid dienone is 1. The van der Waals surface area contributed by atoms with Crippen LogP contribution in [0.4, 0.5) is 10.1 Å². The van der Waals surface area contributed by atoms with Crippen molar-refractivity contribution in [2.45, 2.75) is 33.4 Å². The van der Waals surface area contributed by atoms with Crippen molar-refractivity contribution in [1.29, 1.82) is 0 Å². The Morgan fingerprint density at radius 1 is 1.26 bits per heavy atom. The SMILES string of the molecule is C=CN=CN(C)Cc1c(/C=C/Cc2ccc(F)cc2)c(N=C)cc2c1CNC2=O.CC. The third-order valence-electron chi connectivity index (χ3n) is 4.74. The van der Waals surface area contributed by atoms with Gasteiger partial charge in [0.1, 0.15) is 5.82 Å². The Morgan fingerprint density at radius 2 is 1.97 bits per heavy atom. The number of hydrogen-bond donors (Lipinski definition) is 1. The van der Waals surface area contributed by atoms with E-state index in [2.05, 4.69) is 28.6 Å². The Hall–Kier alpha value is -3.54. The number of nitrogens with zero attached hydrogens (tertiary/aromatic N) is 3. The number of carbonyl (C=O) groups excluding carboxylic acids is 1. The lowest BCUT2D eigenvalue weighted by molar-refractivity contribution is 0.0966. The smallest absolute Gasteiger partial charge is 0.251 e. The molecule has 31 heavy (non-hydrogen) atoms. The van der Waals surface area contributed by atoms with Crippen LogP contribution in [0.3, 0.4) is 0 Å². The maximum absolute atomic E-state index is 13.1. The summed E-state index contributed by atoms with van der Waals surface area (Å²) in [5, 5.41) is 2.88. The van der Waals surface area contributed by atoms with Crippen LogP contribution in [0, 0.1) is 5.82 Å². The lowest BCUT2D eigenvalue weighted by Crippen LogP contribution is -2.17. The van der Waals surface area contributed by atoms with Crippen LogP contribution in [0.2, 0.25) is 0 Å². The molecule has 0 unspecified atom stereocenters. The molecular formula is C25H29FN4O. The summed E-state index contributed by atoms with van der Waals surface area (Å²) in [4.78, 5) is 22.3. The second-order valence-electron chi connectivity index (χ2n) is 6.75. The van der Waals surface area contributed by atoms with Gasteiger partial charge in [-0.3, -0.25) is 9.79 Å². The van der Waals surface area contributed by atoms with Gasteiger partial charge < -0.3 is 10.2 Å². The van der Waals surface area contributed by atoms with Gasteiger partial charge in [0.05, 0.1) is 12.0 Å². The fourth-order valence-corrected chi connectivity index (χ4v) is 3.33. The number of fused-ring (bicyclic) bond motifs is 1.